The molecule has 0 aliphatic rings. The summed E-state index contributed by atoms with van der Waals surface area (Å²) in [6.45, 7) is 5.91. The highest BCUT2D eigenvalue weighted by molar-refractivity contribution is 6.35. The number of hydrogen-bond acceptors (Lipinski definition) is 12. The number of Topliss-reactive ketones (excluding diaryl/α,β-unsaturated/α-hetero) is 2. The lowest BCUT2D eigenvalue weighted by Gasteiger charge is -2.19. The van der Waals surface area contributed by atoms with Crippen molar-refractivity contribution in [2.24, 2.45) is 20.5 Å². The lowest BCUT2D eigenvalue weighted by atomic mass is 10.1. The largest absolute Gasteiger partial charge is 0.492 e. The van der Waals surface area contributed by atoms with Gasteiger partial charge in [0.2, 0.25) is 12.1 Å². The van der Waals surface area contributed by atoms with Crippen LogP contribution in [-0.4, -0.2) is 72.3 Å². The number of anilines is 4. The molecule has 2 atom stereocenters. The van der Waals surface area contributed by atoms with Crippen molar-refractivity contribution in [1.82, 2.24) is 0 Å². The molecule has 0 fully saturated rings. The summed E-state index contributed by atoms with van der Waals surface area (Å²) in [4.78, 5) is 79.2. The Hall–Kier alpha value is -6.72. The number of aryl methyl sites for hydroxylation is 2. The first-order chi connectivity index (χ1) is 32.6. The monoisotopic (exact) mass is 1000 g/mol. The fourth-order valence-corrected chi connectivity index (χ4v) is 7.06. The van der Waals surface area contributed by atoms with E-state index in [2.05, 4.69) is 41.7 Å². The van der Waals surface area contributed by atoms with Gasteiger partial charge in [-0.05, 0) is 112 Å². The van der Waals surface area contributed by atoms with Crippen molar-refractivity contribution in [2.75, 3.05) is 46.2 Å². The molecule has 5 aromatic carbocycles. The molecular weight excluding hydrogens is 958 g/mol. The van der Waals surface area contributed by atoms with Gasteiger partial charge in [-0.25, -0.2) is 0 Å². The SMILES string of the molecule is CCOc1cc(NC(=O)C(N=Nc2ccc(Cl)c(C(=O)Nc3ccc(CCCl)cc3)c2)C(C)=O)c(OCC)cc1NC(=O)C(N=Nc1ccc(Cl)c(C(=O)Nc2ccc(CCCl)cc2)c1)C(C)=O. The summed E-state index contributed by atoms with van der Waals surface area (Å²) < 4.78 is 11.6. The highest BCUT2D eigenvalue weighted by Crippen LogP contribution is 2.38. The summed E-state index contributed by atoms with van der Waals surface area (Å²) in [5.41, 5.74) is 3.58. The molecule has 4 N–H and O–H groups in total. The second-order valence-electron chi connectivity index (χ2n) is 14.7. The van der Waals surface area contributed by atoms with Crippen molar-refractivity contribution < 1.29 is 38.2 Å². The van der Waals surface area contributed by atoms with Crippen LogP contribution in [0.25, 0.3) is 0 Å². The molecule has 16 nitrogen and oxygen atoms in total. The van der Waals surface area contributed by atoms with Crippen molar-refractivity contribution in [3.05, 3.63) is 129 Å². The van der Waals surface area contributed by atoms with Crippen LogP contribution in [-0.2, 0) is 32.0 Å². The molecule has 0 heterocycles. The van der Waals surface area contributed by atoms with E-state index in [1.807, 2.05) is 24.3 Å². The zero-order valence-corrected chi connectivity index (χ0v) is 40.2. The molecule has 68 heavy (non-hydrogen) atoms. The minimum absolute atomic E-state index is 0.0506. The quantitative estimate of drug-likeness (QED) is 0.0296. The van der Waals surface area contributed by atoms with Gasteiger partial charge < -0.3 is 30.7 Å². The Kier molecular flexibility index (Phi) is 19.5. The fraction of sp³-hybridized carbons (Fsp3) is 0.250. The molecule has 0 aliphatic carbocycles. The van der Waals surface area contributed by atoms with E-state index in [1.165, 1.54) is 48.5 Å². The zero-order chi connectivity index (χ0) is 49.3. The first kappa shape index (κ1) is 52.3. The minimum atomic E-state index is -1.65. The molecule has 20 heteroatoms. The number of nitrogens with zero attached hydrogens (tertiary/aromatic N) is 4. The summed E-state index contributed by atoms with van der Waals surface area (Å²) in [7, 11) is 0. The number of benzene rings is 5. The summed E-state index contributed by atoms with van der Waals surface area (Å²) in [5.74, 6) is -3.11. The molecule has 5 rings (SSSR count). The molecule has 5 aromatic rings. The molecule has 0 saturated heterocycles. The summed E-state index contributed by atoms with van der Waals surface area (Å²) in [6, 6.07) is 22.3. The second kappa shape index (κ2) is 25.4. The Morgan fingerprint density at radius 1 is 0.529 bits per heavy atom. The summed E-state index contributed by atoms with van der Waals surface area (Å²) in [6.07, 6.45) is 1.35. The maximum Gasteiger partial charge on any atom is 0.258 e. The van der Waals surface area contributed by atoms with E-state index in [0.717, 1.165) is 25.0 Å². The topological polar surface area (TPSA) is 218 Å². The molecule has 0 bridgehead atoms. The number of rotatable bonds is 22. The van der Waals surface area contributed by atoms with Gasteiger partial charge in [-0.2, -0.15) is 20.5 Å². The summed E-state index contributed by atoms with van der Waals surface area (Å²) in [5, 5.41) is 27.3. The number of alkyl halides is 2. The van der Waals surface area contributed by atoms with E-state index < -0.39 is 47.3 Å². The first-order valence-corrected chi connectivity index (χ1v) is 22.9. The maximum atomic E-state index is 13.7. The van der Waals surface area contributed by atoms with E-state index in [9.17, 15) is 28.8 Å². The first-order valence-electron chi connectivity index (χ1n) is 21.0. The fourth-order valence-electron chi connectivity index (χ4n) is 6.22. The highest BCUT2D eigenvalue weighted by atomic mass is 35.5. The number of halogens is 4. The van der Waals surface area contributed by atoms with Crippen molar-refractivity contribution in [3.8, 4) is 11.5 Å². The Balaban J connectivity index is 1.32. The van der Waals surface area contributed by atoms with Crippen LogP contribution in [0.1, 0.15) is 59.5 Å². The number of ether oxygens (including phenoxy) is 2. The van der Waals surface area contributed by atoms with Crippen molar-refractivity contribution in [2.45, 2.75) is 52.6 Å². The van der Waals surface area contributed by atoms with Crippen LogP contribution in [0.3, 0.4) is 0 Å². The molecule has 0 saturated carbocycles. The van der Waals surface area contributed by atoms with Gasteiger partial charge in [-0.15, -0.1) is 23.2 Å². The van der Waals surface area contributed by atoms with Gasteiger partial charge >= 0.3 is 0 Å². The normalized spacial score (nSPS) is 12.0. The van der Waals surface area contributed by atoms with Crippen molar-refractivity contribution in [1.29, 1.82) is 0 Å². The Morgan fingerprint density at radius 2 is 0.897 bits per heavy atom. The van der Waals surface area contributed by atoms with Crippen molar-refractivity contribution in [3.63, 3.8) is 0 Å². The number of carbonyl (C=O) groups excluding carboxylic acids is 6. The van der Waals surface area contributed by atoms with Crippen LogP contribution >= 0.6 is 46.4 Å². The number of carbonyl (C=O) groups is 6. The van der Waals surface area contributed by atoms with E-state index in [4.69, 9.17) is 55.9 Å². The van der Waals surface area contributed by atoms with Gasteiger partial charge in [0.15, 0.2) is 11.6 Å². The third-order valence-corrected chi connectivity index (χ3v) is 10.7. The lowest BCUT2D eigenvalue weighted by molar-refractivity contribution is -0.127. The zero-order valence-electron chi connectivity index (χ0n) is 37.2. The van der Waals surface area contributed by atoms with Gasteiger partial charge in [0.05, 0.1) is 57.1 Å². The lowest BCUT2D eigenvalue weighted by Crippen LogP contribution is -2.32. The number of nitrogens with one attached hydrogen (secondary N) is 4. The molecule has 0 aliphatic heterocycles. The number of hydrogen-bond donors (Lipinski definition) is 4. The van der Waals surface area contributed by atoms with Crippen LogP contribution in [0, 0.1) is 0 Å². The molecule has 2 unspecified atom stereocenters. The minimum Gasteiger partial charge on any atom is -0.492 e. The molecule has 354 valence electrons. The average Bonchev–Trinajstić information content (AvgIpc) is 3.30. The van der Waals surface area contributed by atoms with E-state index >= 15 is 0 Å². The van der Waals surface area contributed by atoms with Gasteiger partial charge in [0.1, 0.15) is 11.5 Å². The Bertz CT molecular complexity index is 2530. The van der Waals surface area contributed by atoms with Crippen LogP contribution in [0.5, 0.6) is 11.5 Å². The van der Waals surface area contributed by atoms with Crippen LogP contribution in [0.4, 0.5) is 34.1 Å². The maximum absolute atomic E-state index is 13.7. The third kappa shape index (κ3) is 14.6. The van der Waals surface area contributed by atoms with E-state index in [0.29, 0.717) is 36.0 Å². The van der Waals surface area contributed by atoms with Crippen LogP contribution < -0.4 is 30.7 Å². The third-order valence-electron chi connectivity index (χ3n) is 9.62. The van der Waals surface area contributed by atoms with Gasteiger partial charge in [-0.3, -0.25) is 28.8 Å². The van der Waals surface area contributed by atoms with Crippen LogP contribution in [0.15, 0.2) is 118 Å². The number of ketones is 2. The number of azo groups is 2. The van der Waals surface area contributed by atoms with E-state index in [-0.39, 0.29) is 68.6 Å². The van der Waals surface area contributed by atoms with Gasteiger partial charge in [-0.1, -0.05) is 47.5 Å². The Labute approximate surface area is 412 Å². The van der Waals surface area contributed by atoms with E-state index in [1.54, 1.807) is 38.1 Å². The highest BCUT2D eigenvalue weighted by Gasteiger charge is 2.28. The standard InChI is InChI=1S/C48H46Cl4N8O8/c1-5-67-41-25-40(56-48(66)44(28(4)62)60-58-34-16-18-38(52)36(24-34)46(64)54-32-13-9-30(10-14-32)20-22-50)42(68-6-2)26-39(41)55-47(65)43(27(3)61)59-57-33-15-17-37(51)35(23-33)45(63)53-31-11-7-29(8-12-31)19-21-49/h7-18,23-26,43-44H,5-6,19-22H2,1-4H3,(H,53,63)(H,54,64)(H,55,65)(H,56,66). The predicted molar refractivity (Wildman–Crippen MR) is 265 cm³/mol. The number of amides is 4. The molecular formula is C48H46Cl4N8O8. The molecule has 0 spiro atoms. The molecule has 4 amide bonds. The average molecular weight is 1000 g/mol. The van der Waals surface area contributed by atoms with Crippen molar-refractivity contribution >= 4 is 116 Å². The molecule has 0 radical (unpaired) electrons. The van der Waals surface area contributed by atoms with Gasteiger partial charge in [0, 0.05) is 35.3 Å². The Morgan fingerprint density at radius 3 is 1.22 bits per heavy atom. The second-order valence-corrected chi connectivity index (χ2v) is 16.2. The van der Waals surface area contributed by atoms with Crippen LogP contribution in [0.2, 0.25) is 10.0 Å². The van der Waals surface area contributed by atoms with Gasteiger partial charge in [0.25, 0.3) is 23.6 Å². The summed E-state index contributed by atoms with van der Waals surface area (Å²) >= 11 is 24.3. The predicted octanol–water partition coefficient (Wildman–Crippen LogP) is 11.2. The molecule has 0 aromatic heterocycles. The smallest absolute Gasteiger partial charge is 0.258 e.